The first-order valence-corrected chi connectivity index (χ1v) is 8.46. The van der Waals surface area contributed by atoms with E-state index in [-0.39, 0.29) is 5.92 Å². The van der Waals surface area contributed by atoms with Gasteiger partial charge < -0.3 is 11.5 Å². The van der Waals surface area contributed by atoms with Crippen molar-refractivity contribution in [1.82, 2.24) is 0 Å². The lowest BCUT2D eigenvalue weighted by Crippen LogP contribution is -2.31. The van der Waals surface area contributed by atoms with Gasteiger partial charge in [0.2, 0.25) is 0 Å². The number of rotatable bonds is 4. The molecular weight excluding hydrogens is 316 g/mol. The second-order valence-corrected chi connectivity index (χ2v) is 8.00. The predicted molar refractivity (Wildman–Crippen MR) is 76.1 cm³/mol. The molecule has 2 atom stereocenters. The Labute approximate surface area is 116 Å². The van der Waals surface area contributed by atoms with Gasteiger partial charge >= 0.3 is 0 Å². The molecule has 100 valence electrons. The van der Waals surface area contributed by atoms with Gasteiger partial charge in [-0.3, -0.25) is 0 Å². The third kappa shape index (κ3) is 2.11. The molecule has 18 heavy (non-hydrogen) atoms. The molecule has 0 saturated heterocycles. The minimum atomic E-state index is -3.14. The molecule has 2 rings (SSSR count). The Morgan fingerprint density at radius 1 is 1.22 bits per heavy atom. The van der Waals surface area contributed by atoms with E-state index in [1.165, 1.54) is 6.26 Å². The van der Waals surface area contributed by atoms with Gasteiger partial charge in [0.1, 0.15) is 0 Å². The highest BCUT2D eigenvalue weighted by atomic mass is 79.9. The van der Waals surface area contributed by atoms with Crippen LogP contribution in [0, 0.1) is 5.41 Å². The maximum atomic E-state index is 11.9. The fourth-order valence-corrected chi connectivity index (χ4v) is 5.17. The van der Waals surface area contributed by atoms with Crippen molar-refractivity contribution in [3.05, 3.63) is 34.3 Å². The van der Waals surface area contributed by atoms with Crippen LogP contribution in [0.5, 0.6) is 0 Å². The Bertz CT molecular complexity index is 538. The summed E-state index contributed by atoms with van der Waals surface area (Å²) < 4.78 is 24.7. The highest BCUT2D eigenvalue weighted by Gasteiger charge is 2.68. The van der Waals surface area contributed by atoms with Crippen molar-refractivity contribution in [2.75, 3.05) is 19.3 Å². The molecule has 0 unspecified atom stereocenters. The van der Waals surface area contributed by atoms with Gasteiger partial charge in [-0.05, 0) is 17.7 Å². The molecule has 0 aliphatic heterocycles. The molecule has 1 aromatic carbocycles. The normalized spacial score (nSPS) is 26.0. The van der Waals surface area contributed by atoms with E-state index in [0.717, 1.165) is 10.0 Å². The van der Waals surface area contributed by atoms with Crippen LogP contribution in [0.1, 0.15) is 11.5 Å². The molecule has 0 spiro atoms. The van der Waals surface area contributed by atoms with Gasteiger partial charge in [-0.1, -0.05) is 28.1 Å². The first-order valence-electron chi connectivity index (χ1n) is 5.71. The molecule has 1 saturated carbocycles. The first-order chi connectivity index (χ1) is 8.36. The van der Waals surface area contributed by atoms with Crippen LogP contribution in [0.4, 0.5) is 0 Å². The SMILES string of the molecule is CS(=O)(=O)[C@@H]1[C@H](c2ccc(Br)cc2)C1(CN)CN. The van der Waals surface area contributed by atoms with Crippen molar-refractivity contribution in [3.8, 4) is 0 Å². The van der Waals surface area contributed by atoms with Crippen LogP contribution in [-0.2, 0) is 9.84 Å². The number of benzene rings is 1. The molecule has 1 aromatic rings. The van der Waals surface area contributed by atoms with Crippen molar-refractivity contribution in [1.29, 1.82) is 0 Å². The van der Waals surface area contributed by atoms with Crippen molar-refractivity contribution in [3.63, 3.8) is 0 Å². The van der Waals surface area contributed by atoms with Crippen LogP contribution in [0.3, 0.4) is 0 Å². The smallest absolute Gasteiger partial charge is 0.151 e. The number of sulfone groups is 1. The Hall–Kier alpha value is -0.430. The Morgan fingerprint density at radius 2 is 1.72 bits per heavy atom. The summed E-state index contributed by atoms with van der Waals surface area (Å²) in [4.78, 5) is 0. The Morgan fingerprint density at radius 3 is 2.06 bits per heavy atom. The van der Waals surface area contributed by atoms with E-state index in [9.17, 15) is 8.42 Å². The maximum absolute atomic E-state index is 11.9. The number of hydrogen-bond acceptors (Lipinski definition) is 4. The van der Waals surface area contributed by atoms with E-state index in [1.54, 1.807) is 0 Å². The summed E-state index contributed by atoms with van der Waals surface area (Å²) in [6, 6.07) is 7.68. The van der Waals surface area contributed by atoms with E-state index < -0.39 is 20.5 Å². The van der Waals surface area contributed by atoms with Gasteiger partial charge in [-0.2, -0.15) is 0 Å². The third-order valence-corrected chi connectivity index (χ3v) is 6.02. The maximum Gasteiger partial charge on any atom is 0.151 e. The molecule has 0 heterocycles. The largest absolute Gasteiger partial charge is 0.330 e. The summed E-state index contributed by atoms with van der Waals surface area (Å²) in [5, 5.41) is -0.457. The van der Waals surface area contributed by atoms with Gasteiger partial charge in [0.15, 0.2) is 9.84 Å². The lowest BCUT2D eigenvalue weighted by Gasteiger charge is -2.12. The van der Waals surface area contributed by atoms with Crippen molar-refractivity contribution in [2.24, 2.45) is 16.9 Å². The fraction of sp³-hybridized carbons (Fsp3) is 0.500. The number of nitrogens with two attached hydrogens (primary N) is 2. The lowest BCUT2D eigenvalue weighted by molar-refractivity contribution is 0.511. The first kappa shape index (κ1) is 14.0. The van der Waals surface area contributed by atoms with E-state index in [2.05, 4.69) is 15.9 Å². The molecule has 0 radical (unpaired) electrons. The Kier molecular flexibility index (Phi) is 3.57. The Balaban J connectivity index is 2.41. The second-order valence-electron chi connectivity index (χ2n) is 4.92. The molecular formula is C12H17BrN2O2S. The summed E-state index contributed by atoms with van der Waals surface area (Å²) in [7, 11) is -3.14. The fourth-order valence-electron chi connectivity index (χ4n) is 2.87. The van der Waals surface area contributed by atoms with Crippen LogP contribution in [0.15, 0.2) is 28.7 Å². The summed E-state index contributed by atoms with van der Waals surface area (Å²) in [5.74, 6) is -0.0874. The van der Waals surface area contributed by atoms with Crippen LogP contribution < -0.4 is 11.5 Å². The molecule has 1 fully saturated rings. The predicted octanol–water partition coefficient (Wildman–Crippen LogP) is 0.863. The number of hydrogen-bond donors (Lipinski definition) is 2. The van der Waals surface area contributed by atoms with Gasteiger partial charge in [0.05, 0.1) is 5.25 Å². The van der Waals surface area contributed by atoms with Crippen LogP contribution in [0.2, 0.25) is 0 Å². The van der Waals surface area contributed by atoms with Crippen LogP contribution in [0.25, 0.3) is 0 Å². The molecule has 6 heteroatoms. The van der Waals surface area contributed by atoms with Crippen molar-refractivity contribution < 1.29 is 8.42 Å². The van der Waals surface area contributed by atoms with Crippen LogP contribution in [-0.4, -0.2) is 33.0 Å². The molecule has 4 nitrogen and oxygen atoms in total. The molecule has 0 aromatic heterocycles. The van der Waals surface area contributed by atoms with E-state index in [0.29, 0.717) is 13.1 Å². The summed E-state index contributed by atoms with van der Waals surface area (Å²) in [6.07, 6.45) is 1.26. The third-order valence-electron chi connectivity index (χ3n) is 3.83. The highest BCUT2D eigenvalue weighted by molar-refractivity contribution is 9.10. The zero-order valence-corrected chi connectivity index (χ0v) is 12.5. The zero-order valence-electron chi connectivity index (χ0n) is 10.1. The quantitative estimate of drug-likeness (QED) is 0.856. The lowest BCUT2D eigenvalue weighted by atomic mass is 9.99. The number of halogens is 1. The van der Waals surface area contributed by atoms with Gasteiger partial charge in [-0.15, -0.1) is 0 Å². The summed E-state index contributed by atoms with van der Waals surface area (Å²) in [5.41, 5.74) is 12.0. The van der Waals surface area contributed by atoms with E-state index in [4.69, 9.17) is 11.5 Å². The molecule has 0 bridgehead atoms. The zero-order chi connectivity index (χ0) is 13.6. The van der Waals surface area contributed by atoms with Gasteiger partial charge in [0, 0.05) is 35.2 Å². The topological polar surface area (TPSA) is 86.2 Å². The van der Waals surface area contributed by atoms with Crippen molar-refractivity contribution in [2.45, 2.75) is 11.2 Å². The molecule has 1 aliphatic carbocycles. The van der Waals surface area contributed by atoms with E-state index >= 15 is 0 Å². The van der Waals surface area contributed by atoms with E-state index in [1.807, 2.05) is 24.3 Å². The van der Waals surface area contributed by atoms with Crippen molar-refractivity contribution >= 4 is 25.8 Å². The summed E-state index contributed by atoms with van der Waals surface area (Å²) >= 11 is 3.36. The molecule has 1 aliphatic rings. The average Bonchev–Trinajstić information content (AvgIpc) is 3.00. The summed E-state index contributed by atoms with van der Waals surface area (Å²) in [6.45, 7) is 0.587. The second kappa shape index (κ2) is 4.59. The highest BCUT2D eigenvalue weighted by Crippen LogP contribution is 2.61. The molecule has 4 N–H and O–H groups in total. The minimum absolute atomic E-state index is 0.0874. The monoisotopic (exact) mass is 332 g/mol. The molecule has 0 amide bonds. The van der Waals surface area contributed by atoms with Gasteiger partial charge in [-0.25, -0.2) is 8.42 Å². The standard InChI is InChI=1S/C12H17BrN2O2S/c1-18(16,17)11-10(12(11,6-14)7-15)8-2-4-9(13)5-3-8/h2-5,10-11H,6-7,14-15H2,1H3/t10-,11+/m0/s1. The van der Waals surface area contributed by atoms with Crippen LogP contribution >= 0.6 is 15.9 Å². The average molecular weight is 333 g/mol. The van der Waals surface area contributed by atoms with Gasteiger partial charge in [0.25, 0.3) is 0 Å². The minimum Gasteiger partial charge on any atom is -0.330 e.